The lowest BCUT2D eigenvalue weighted by molar-refractivity contribution is -0.369. The Morgan fingerprint density at radius 3 is 2.11 bits per heavy atom. The van der Waals surface area contributed by atoms with Crippen LogP contribution in [-0.2, 0) is 0 Å². The zero-order chi connectivity index (χ0) is 19.2. The standard InChI is InChI=1S/C20H19BBr2N2O2/c1-10-17(22)13(4)24-19(10)12(3)20-11(2)18(23)14(5)25(20)21(24)26-15-8-6-7-9-16(15)27-21/h6-9H,1-5H3. The lowest BCUT2D eigenvalue weighted by atomic mass is 9.80. The minimum Gasteiger partial charge on any atom is -0.599 e. The van der Waals surface area contributed by atoms with Crippen LogP contribution >= 0.6 is 31.9 Å². The molecule has 1 spiro atoms. The number of hydrogen-bond acceptors (Lipinski definition) is 2. The molecule has 0 saturated carbocycles. The fraction of sp³-hybridized carbons (Fsp3) is 0.250. The third kappa shape index (κ3) is 1.92. The van der Waals surface area contributed by atoms with Crippen molar-refractivity contribution in [3.05, 3.63) is 61.4 Å². The van der Waals surface area contributed by atoms with E-state index in [1.54, 1.807) is 0 Å². The van der Waals surface area contributed by atoms with E-state index in [0.717, 1.165) is 43.3 Å². The first-order chi connectivity index (χ1) is 12.8. The molecule has 0 fully saturated rings. The quantitative estimate of drug-likeness (QED) is 0.455. The molecule has 0 N–H and O–H groups in total. The lowest BCUT2D eigenvalue weighted by Crippen LogP contribution is -2.65. The average Bonchev–Trinajstić information content (AvgIpc) is 3.22. The van der Waals surface area contributed by atoms with Gasteiger partial charge in [0.25, 0.3) is 0 Å². The first kappa shape index (κ1) is 17.4. The summed E-state index contributed by atoms with van der Waals surface area (Å²) < 4.78 is 20.0. The van der Waals surface area contributed by atoms with Gasteiger partial charge in [-0.15, -0.1) is 0 Å². The highest BCUT2D eigenvalue weighted by atomic mass is 79.9. The first-order valence-electron chi connectivity index (χ1n) is 9.00. The fourth-order valence-corrected chi connectivity index (χ4v) is 5.59. The number of benzene rings is 1. The van der Waals surface area contributed by atoms with Crippen molar-refractivity contribution in [1.82, 2.24) is 4.48 Å². The molecular formula is C20H19BBr2N2O2. The molecule has 3 aliphatic rings. The third-order valence-corrected chi connectivity index (χ3v) is 8.32. The molecule has 1 aromatic carbocycles. The zero-order valence-corrected chi connectivity index (χ0v) is 19.0. The number of rotatable bonds is 0. The molecule has 5 rings (SSSR count). The van der Waals surface area contributed by atoms with Gasteiger partial charge in [0.15, 0.2) is 5.70 Å². The molecule has 4 nitrogen and oxygen atoms in total. The summed E-state index contributed by atoms with van der Waals surface area (Å²) in [5.74, 6) is 1.55. The second kappa shape index (κ2) is 5.42. The van der Waals surface area contributed by atoms with Crippen LogP contribution in [0.3, 0.4) is 0 Å². The number of allylic oxidation sites excluding steroid dienone is 3. The van der Waals surface area contributed by atoms with Crippen molar-refractivity contribution in [2.75, 3.05) is 0 Å². The van der Waals surface area contributed by atoms with Gasteiger partial charge < -0.3 is 18.3 Å². The van der Waals surface area contributed by atoms with Gasteiger partial charge in [0.2, 0.25) is 0 Å². The summed E-state index contributed by atoms with van der Waals surface area (Å²) in [4.78, 5) is 0. The van der Waals surface area contributed by atoms with E-state index in [4.69, 9.17) is 9.31 Å². The van der Waals surface area contributed by atoms with E-state index in [2.05, 4.69) is 75.4 Å². The van der Waals surface area contributed by atoms with E-state index in [9.17, 15) is 0 Å². The van der Waals surface area contributed by atoms with Crippen molar-refractivity contribution in [2.24, 2.45) is 0 Å². The van der Waals surface area contributed by atoms with Gasteiger partial charge in [-0.05, 0) is 77.3 Å². The van der Waals surface area contributed by atoms with Gasteiger partial charge >= 0.3 is 6.82 Å². The molecule has 0 radical (unpaired) electrons. The van der Waals surface area contributed by atoms with Crippen LogP contribution in [0.4, 0.5) is 0 Å². The van der Waals surface area contributed by atoms with Crippen LogP contribution in [-0.4, -0.2) is 21.5 Å². The summed E-state index contributed by atoms with van der Waals surface area (Å²) in [5, 5.41) is 0. The maximum absolute atomic E-state index is 6.65. The van der Waals surface area contributed by atoms with E-state index >= 15 is 0 Å². The molecule has 2 aromatic rings. The minimum atomic E-state index is -1.99. The summed E-state index contributed by atoms with van der Waals surface area (Å²) in [6.07, 6.45) is 0. The molecule has 0 bridgehead atoms. The van der Waals surface area contributed by atoms with Crippen molar-refractivity contribution < 1.29 is 13.8 Å². The molecule has 0 amide bonds. The van der Waals surface area contributed by atoms with Gasteiger partial charge in [0.05, 0.1) is 4.48 Å². The minimum absolute atomic E-state index is 0.776. The van der Waals surface area contributed by atoms with E-state index in [1.165, 1.54) is 16.7 Å². The van der Waals surface area contributed by atoms with Crippen molar-refractivity contribution in [3.63, 3.8) is 0 Å². The molecular weight excluding hydrogens is 471 g/mol. The van der Waals surface area contributed by atoms with E-state index in [0.29, 0.717) is 0 Å². The number of fused-ring (bicyclic) bond motifs is 5. The van der Waals surface area contributed by atoms with Gasteiger partial charge in [0.1, 0.15) is 17.2 Å². The Hall–Kier alpha value is -1.73. The van der Waals surface area contributed by atoms with Crippen LogP contribution in [0, 0.1) is 13.8 Å². The number of halogens is 2. The molecule has 138 valence electrons. The van der Waals surface area contributed by atoms with Crippen LogP contribution in [0.1, 0.15) is 37.7 Å². The largest absolute Gasteiger partial charge is 0.780 e. The number of hydrogen-bond donors (Lipinski definition) is 0. The van der Waals surface area contributed by atoms with Crippen LogP contribution in [0.25, 0.3) is 5.57 Å². The average molecular weight is 490 g/mol. The highest BCUT2D eigenvalue weighted by Gasteiger charge is 2.63. The monoisotopic (exact) mass is 488 g/mol. The second-order valence-electron chi connectivity index (χ2n) is 7.43. The number of nitrogens with zero attached hydrogens (tertiary/aromatic N) is 2. The number of aromatic nitrogens is 1. The van der Waals surface area contributed by atoms with E-state index in [1.807, 2.05) is 24.3 Å². The van der Waals surface area contributed by atoms with E-state index < -0.39 is 6.82 Å². The maximum Gasteiger partial charge on any atom is 0.780 e. The highest BCUT2D eigenvalue weighted by Crippen LogP contribution is 2.49. The lowest BCUT2D eigenvalue weighted by Gasteiger charge is -2.38. The van der Waals surface area contributed by atoms with Crippen LogP contribution < -0.4 is 9.31 Å². The summed E-state index contributed by atoms with van der Waals surface area (Å²) >= 11 is 7.57. The molecule has 4 heterocycles. The Kier molecular flexibility index (Phi) is 3.49. The van der Waals surface area contributed by atoms with Crippen molar-refractivity contribution in [3.8, 4) is 11.5 Å². The molecule has 0 saturated heterocycles. The maximum atomic E-state index is 6.65. The predicted molar refractivity (Wildman–Crippen MR) is 116 cm³/mol. The van der Waals surface area contributed by atoms with Gasteiger partial charge in [-0.2, -0.15) is 0 Å². The Morgan fingerprint density at radius 2 is 1.52 bits per heavy atom. The highest BCUT2D eigenvalue weighted by molar-refractivity contribution is 9.12. The normalized spacial score (nSPS) is 19.4. The first-order valence-corrected chi connectivity index (χ1v) is 10.6. The SMILES string of the molecule is CC1=C(Br)C(C)=[N+]2C1=C(C)c1c(C)c(Br)c(C)n1[B-]21Oc2ccccc2O1. The summed E-state index contributed by atoms with van der Waals surface area (Å²) in [5.41, 5.74) is 8.15. The summed E-state index contributed by atoms with van der Waals surface area (Å²) in [6.45, 7) is 8.70. The molecule has 3 aliphatic heterocycles. The molecule has 1 aromatic heterocycles. The summed E-state index contributed by atoms with van der Waals surface area (Å²) in [7, 11) is 0. The zero-order valence-electron chi connectivity index (χ0n) is 15.9. The third-order valence-electron chi connectivity index (χ3n) is 5.98. The second-order valence-corrected chi connectivity index (χ2v) is 9.01. The predicted octanol–water partition coefficient (Wildman–Crippen LogP) is 5.52. The van der Waals surface area contributed by atoms with Crippen molar-refractivity contribution in [2.45, 2.75) is 34.6 Å². The van der Waals surface area contributed by atoms with Crippen LogP contribution in [0.5, 0.6) is 11.5 Å². The van der Waals surface area contributed by atoms with Gasteiger partial charge in [0, 0.05) is 33.9 Å². The van der Waals surface area contributed by atoms with Gasteiger partial charge in [-0.1, -0.05) is 12.1 Å². The Bertz CT molecular complexity index is 1130. The van der Waals surface area contributed by atoms with E-state index in [-0.39, 0.29) is 0 Å². The smallest absolute Gasteiger partial charge is 0.599 e. The number of para-hydroxylation sites is 2. The summed E-state index contributed by atoms with van der Waals surface area (Å²) in [6, 6.07) is 7.90. The molecule has 27 heavy (non-hydrogen) atoms. The Morgan fingerprint density at radius 1 is 0.926 bits per heavy atom. The topological polar surface area (TPSA) is 26.4 Å². The van der Waals surface area contributed by atoms with Gasteiger partial charge in [-0.25, -0.2) is 0 Å². The van der Waals surface area contributed by atoms with Crippen LogP contribution in [0.2, 0.25) is 0 Å². The Labute approximate surface area is 175 Å². The fourth-order valence-electron chi connectivity index (χ4n) is 4.84. The van der Waals surface area contributed by atoms with Crippen molar-refractivity contribution in [1.29, 1.82) is 0 Å². The molecule has 0 unspecified atom stereocenters. The Balaban J connectivity index is 1.92. The van der Waals surface area contributed by atoms with Crippen LogP contribution in [0.15, 0.2) is 44.5 Å². The van der Waals surface area contributed by atoms with Crippen molar-refractivity contribution >= 4 is 50.0 Å². The molecule has 0 aliphatic carbocycles. The molecule has 0 atom stereocenters. The molecule has 7 heteroatoms. The van der Waals surface area contributed by atoms with Gasteiger partial charge in [-0.3, -0.25) is 0 Å².